The molecule has 1 aromatic rings. The highest BCUT2D eigenvalue weighted by Crippen LogP contribution is 2.45. The number of hydrogen-bond acceptors (Lipinski definition) is 7. The zero-order chi connectivity index (χ0) is 28.9. The first-order valence-corrected chi connectivity index (χ1v) is 15.0. The highest BCUT2D eigenvalue weighted by Gasteiger charge is 2.50. The molecule has 0 radical (unpaired) electrons. The maximum absolute atomic E-state index is 13.8. The van der Waals surface area contributed by atoms with Crippen molar-refractivity contribution >= 4 is 11.9 Å². The molecule has 1 aromatic carbocycles. The van der Waals surface area contributed by atoms with Crippen molar-refractivity contribution in [3.63, 3.8) is 0 Å². The van der Waals surface area contributed by atoms with Gasteiger partial charge in [-0.05, 0) is 57.1 Å². The summed E-state index contributed by atoms with van der Waals surface area (Å²) in [5.74, 6) is -0.722. The van der Waals surface area contributed by atoms with E-state index < -0.39 is 17.3 Å². The Morgan fingerprint density at radius 2 is 1.80 bits per heavy atom. The predicted octanol–water partition coefficient (Wildman–Crippen LogP) is 3.46. The van der Waals surface area contributed by atoms with Gasteiger partial charge in [-0.3, -0.25) is 14.5 Å². The number of unbranched alkanes of at least 4 members (excludes halogenated alkanes) is 1. The van der Waals surface area contributed by atoms with Crippen molar-refractivity contribution in [1.29, 1.82) is 0 Å². The van der Waals surface area contributed by atoms with Crippen LogP contribution in [0.2, 0.25) is 0 Å². The molecule has 1 unspecified atom stereocenters. The molecule has 0 aliphatic carbocycles. The van der Waals surface area contributed by atoms with Gasteiger partial charge < -0.3 is 29.1 Å². The normalized spacial score (nSPS) is 23.5. The molecule has 3 atom stereocenters. The monoisotopic (exact) mass is 559 g/mol. The number of nitrogens with zero attached hydrogens (tertiary/aromatic N) is 3. The lowest BCUT2D eigenvalue weighted by atomic mass is 9.77. The van der Waals surface area contributed by atoms with E-state index in [1.54, 1.807) is 0 Å². The van der Waals surface area contributed by atoms with Gasteiger partial charge in [-0.25, -0.2) is 0 Å². The third kappa shape index (κ3) is 7.35. The standard InChI is InChI=1S/C31H49N3O6/c1-6-7-13-33(14-8-12-32(4)5)27(35)21-34-20-24(22-9-10-26-23(18-22)11-15-38-26)28(29(36)37)25(34)19-31(2,3)30-39-16-17-40-30/h9-10,18,24-25,28,30H,6-8,11-17,19-21H2,1-5H3,(H,36,37)/t24-,25+,28?/m1/s1. The van der Waals surface area contributed by atoms with Gasteiger partial charge in [0.1, 0.15) is 5.75 Å². The van der Waals surface area contributed by atoms with Gasteiger partial charge in [0.15, 0.2) is 6.29 Å². The number of aliphatic carboxylic acids is 1. The lowest BCUT2D eigenvalue weighted by molar-refractivity contribution is -0.148. The molecule has 3 aliphatic rings. The third-order valence-corrected chi connectivity index (χ3v) is 8.68. The molecule has 0 saturated carbocycles. The van der Waals surface area contributed by atoms with Gasteiger partial charge in [-0.15, -0.1) is 0 Å². The third-order valence-electron chi connectivity index (χ3n) is 8.68. The Balaban J connectivity index is 1.60. The Labute approximate surface area is 239 Å². The van der Waals surface area contributed by atoms with Crippen molar-refractivity contribution in [2.75, 3.05) is 66.6 Å². The van der Waals surface area contributed by atoms with E-state index in [0.29, 0.717) is 39.3 Å². The second-order valence-electron chi connectivity index (χ2n) is 12.6. The summed E-state index contributed by atoms with van der Waals surface area (Å²) in [6.45, 7) is 11.1. The van der Waals surface area contributed by atoms with Crippen LogP contribution < -0.4 is 4.74 Å². The topological polar surface area (TPSA) is 91.8 Å². The summed E-state index contributed by atoms with van der Waals surface area (Å²) in [6, 6.07) is 5.78. The number of benzene rings is 1. The van der Waals surface area contributed by atoms with Crippen LogP contribution in [0.15, 0.2) is 18.2 Å². The van der Waals surface area contributed by atoms with Crippen LogP contribution in [0.5, 0.6) is 5.75 Å². The average molecular weight is 560 g/mol. The van der Waals surface area contributed by atoms with Gasteiger partial charge in [0.05, 0.1) is 32.3 Å². The maximum Gasteiger partial charge on any atom is 0.308 e. The van der Waals surface area contributed by atoms with Gasteiger partial charge in [-0.1, -0.05) is 39.3 Å². The number of hydrogen-bond donors (Lipinski definition) is 1. The summed E-state index contributed by atoms with van der Waals surface area (Å²) in [6.07, 6.45) is 3.89. The number of carboxylic acid groups (broad SMARTS) is 1. The number of ether oxygens (including phenoxy) is 3. The fourth-order valence-electron chi connectivity index (χ4n) is 6.53. The van der Waals surface area contributed by atoms with Crippen molar-refractivity contribution in [3.05, 3.63) is 29.3 Å². The van der Waals surface area contributed by atoms with E-state index in [1.807, 2.05) is 31.1 Å². The average Bonchev–Trinajstić information content (AvgIpc) is 3.66. The van der Waals surface area contributed by atoms with Crippen LogP contribution in [-0.4, -0.2) is 111 Å². The summed E-state index contributed by atoms with van der Waals surface area (Å²) < 4.78 is 17.4. The van der Waals surface area contributed by atoms with Crippen LogP contribution in [-0.2, 0) is 25.5 Å². The van der Waals surface area contributed by atoms with Crippen LogP contribution in [0.1, 0.15) is 63.5 Å². The first-order valence-electron chi connectivity index (χ1n) is 15.0. The number of carbonyl (C=O) groups excluding carboxylic acids is 1. The van der Waals surface area contributed by atoms with Crippen LogP contribution >= 0.6 is 0 Å². The lowest BCUT2D eigenvalue weighted by Crippen LogP contribution is -2.47. The Morgan fingerprint density at radius 1 is 1.07 bits per heavy atom. The lowest BCUT2D eigenvalue weighted by Gasteiger charge is -2.37. The number of amides is 1. The summed E-state index contributed by atoms with van der Waals surface area (Å²) in [5, 5.41) is 10.6. The number of rotatable bonds is 14. The Hall–Kier alpha value is -2.20. The number of carboxylic acids is 1. The van der Waals surface area contributed by atoms with Gasteiger partial charge in [0.25, 0.3) is 0 Å². The van der Waals surface area contributed by atoms with Crippen molar-refractivity contribution in [1.82, 2.24) is 14.7 Å². The Bertz CT molecular complexity index is 1010. The predicted molar refractivity (Wildman–Crippen MR) is 154 cm³/mol. The van der Waals surface area contributed by atoms with E-state index in [-0.39, 0.29) is 30.7 Å². The molecule has 1 amide bonds. The van der Waals surface area contributed by atoms with Gasteiger partial charge in [0.2, 0.25) is 5.91 Å². The van der Waals surface area contributed by atoms with Crippen LogP contribution in [0.3, 0.4) is 0 Å². The van der Waals surface area contributed by atoms with Gasteiger partial charge in [0, 0.05) is 43.4 Å². The Kier molecular flexibility index (Phi) is 10.5. The van der Waals surface area contributed by atoms with Crippen molar-refractivity contribution in [3.8, 4) is 5.75 Å². The first kappa shape index (κ1) is 30.8. The second-order valence-corrected chi connectivity index (χ2v) is 12.6. The van der Waals surface area contributed by atoms with E-state index in [9.17, 15) is 14.7 Å². The molecule has 9 nitrogen and oxygen atoms in total. The molecule has 0 spiro atoms. The van der Waals surface area contributed by atoms with Gasteiger partial charge in [-0.2, -0.15) is 0 Å². The number of fused-ring (bicyclic) bond motifs is 1. The van der Waals surface area contributed by atoms with Crippen LogP contribution in [0.4, 0.5) is 0 Å². The molecule has 2 fully saturated rings. The molecule has 0 aromatic heterocycles. The molecule has 1 N–H and O–H groups in total. The SMILES string of the molecule is CCCCN(CCCN(C)C)C(=O)CN1C[C@H](c2ccc3c(c2)CCO3)C(C(=O)O)[C@@H]1CC(C)(C)C1OCCO1. The molecule has 9 heteroatoms. The van der Waals surface area contributed by atoms with E-state index in [1.165, 1.54) is 0 Å². The van der Waals surface area contributed by atoms with Crippen molar-refractivity contribution in [2.24, 2.45) is 11.3 Å². The summed E-state index contributed by atoms with van der Waals surface area (Å²) in [7, 11) is 4.09. The molecule has 2 saturated heterocycles. The summed E-state index contributed by atoms with van der Waals surface area (Å²) in [5.41, 5.74) is 1.73. The molecule has 3 aliphatic heterocycles. The molecule has 40 heavy (non-hydrogen) atoms. The van der Waals surface area contributed by atoms with Crippen molar-refractivity contribution in [2.45, 2.75) is 71.1 Å². The highest BCUT2D eigenvalue weighted by molar-refractivity contribution is 5.79. The molecule has 224 valence electrons. The van der Waals surface area contributed by atoms with Crippen LogP contribution in [0.25, 0.3) is 0 Å². The summed E-state index contributed by atoms with van der Waals surface area (Å²) >= 11 is 0. The fourth-order valence-corrected chi connectivity index (χ4v) is 6.53. The molecule has 0 bridgehead atoms. The van der Waals surface area contributed by atoms with Crippen molar-refractivity contribution < 1.29 is 28.9 Å². The smallest absolute Gasteiger partial charge is 0.308 e. The minimum Gasteiger partial charge on any atom is -0.493 e. The molecule has 3 heterocycles. The largest absolute Gasteiger partial charge is 0.493 e. The first-order chi connectivity index (χ1) is 19.1. The van der Waals surface area contributed by atoms with E-state index in [0.717, 1.165) is 55.6 Å². The zero-order valence-electron chi connectivity index (χ0n) is 25.1. The molecular weight excluding hydrogens is 510 g/mol. The van der Waals surface area contributed by atoms with Gasteiger partial charge >= 0.3 is 5.97 Å². The minimum atomic E-state index is -0.820. The summed E-state index contributed by atoms with van der Waals surface area (Å²) in [4.78, 5) is 33.0. The molecular formula is C31H49N3O6. The van der Waals surface area contributed by atoms with Crippen LogP contribution in [0, 0.1) is 11.3 Å². The zero-order valence-corrected chi connectivity index (χ0v) is 25.1. The van der Waals surface area contributed by atoms with E-state index in [2.05, 4.69) is 36.6 Å². The quantitative estimate of drug-likeness (QED) is 0.371. The highest BCUT2D eigenvalue weighted by atomic mass is 16.7. The number of carbonyl (C=O) groups is 2. The molecule has 4 rings (SSSR count). The van der Waals surface area contributed by atoms with E-state index in [4.69, 9.17) is 14.2 Å². The fraction of sp³-hybridized carbons (Fsp3) is 0.742. The maximum atomic E-state index is 13.8. The Morgan fingerprint density at radius 3 is 2.48 bits per heavy atom. The number of likely N-dealkylation sites (tertiary alicyclic amines) is 1. The second kappa shape index (κ2) is 13.6. The minimum absolute atomic E-state index is 0.0792. The van der Waals surface area contributed by atoms with E-state index >= 15 is 0 Å².